The van der Waals surface area contributed by atoms with E-state index in [4.69, 9.17) is 0 Å². The Bertz CT molecular complexity index is 639. The van der Waals surface area contributed by atoms with E-state index in [0.29, 0.717) is 6.42 Å². The molecule has 0 unspecified atom stereocenters. The van der Waals surface area contributed by atoms with Crippen molar-refractivity contribution in [2.24, 2.45) is 0 Å². The third-order valence-corrected chi connectivity index (χ3v) is 2.59. The third-order valence-electron chi connectivity index (χ3n) is 2.59. The highest BCUT2D eigenvalue weighted by molar-refractivity contribution is 5.96. The highest BCUT2D eigenvalue weighted by Crippen LogP contribution is 2.16. The van der Waals surface area contributed by atoms with Gasteiger partial charge < -0.3 is 10.6 Å². The zero-order valence-electron chi connectivity index (χ0n) is 11.2. The number of rotatable bonds is 5. The predicted molar refractivity (Wildman–Crippen MR) is 72.0 cm³/mol. The van der Waals surface area contributed by atoms with E-state index in [1.165, 1.54) is 19.1 Å². The van der Waals surface area contributed by atoms with Gasteiger partial charge in [-0.2, -0.15) is 0 Å². The number of nitrogens with one attached hydrogen (secondary N) is 2. The van der Waals surface area contributed by atoms with Crippen LogP contribution in [0.1, 0.15) is 18.9 Å². The van der Waals surface area contributed by atoms with Gasteiger partial charge in [0, 0.05) is 13.3 Å². The van der Waals surface area contributed by atoms with Crippen molar-refractivity contribution in [1.29, 1.82) is 0 Å². The molecule has 1 aromatic heterocycles. The number of anilines is 2. The first-order valence-corrected chi connectivity index (χ1v) is 6.19. The van der Waals surface area contributed by atoms with E-state index in [1.807, 2.05) is 0 Å². The lowest BCUT2D eigenvalue weighted by Gasteiger charge is -2.03. The maximum absolute atomic E-state index is 12.7. The van der Waals surface area contributed by atoms with Crippen LogP contribution in [0.2, 0.25) is 0 Å². The number of hydrogen-bond donors (Lipinski definition) is 2. The molecule has 110 valence electrons. The molecule has 0 bridgehead atoms. The quantitative estimate of drug-likeness (QED) is 0.874. The maximum Gasteiger partial charge on any atom is 0.226 e. The van der Waals surface area contributed by atoms with Gasteiger partial charge in [-0.05, 0) is 34.4 Å². The van der Waals surface area contributed by atoms with Gasteiger partial charge in [0.25, 0.3) is 0 Å². The summed E-state index contributed by atoms with van der Waals surface area (Å²) in [6.45, 7) is 1.30. The summed E-state index contributed by atoms with van der Waals surface area (Å²) in [6, 6.07) is 5.90. The summed E-state index contributed by atoms with van der Waals surface area (Å²) < 4.78 is 17.2. The molecule has 8 heteroatoms. The van der Waals surface area contributed by atoms with E-state index in [2.05, 4.69) is 25.6 Å². The van der Waals surface area contributed by atoms with Crippen LogP contribution in [-0.4, -0.2) is 22.1 Å². The van der Waals surface area contributed by atoms with Crippen LogP contribution in [0.3, 0.4) is 0 Å². The molecule has 0 atom stereocenters. The third kappa shape index (κ3) is 4.37. The van der Waals surface area contributed by atoms with Crippen LogP contribution < -0.4 is 10.6 Å². The number of halogens is 1. The van der Waals surface area contributed by atoms with Crippen molar-refractivity contribution in [1.82, 2.24) is 10.3 Å². The number of carbonyl (C=O) groups is 2. The molecule has 0 fully saturated rings. The van der Waals surface area contributed by atoms with Gasteiger partial charge in [-0.3, -0.25) is 9.59 Å². The Morgan fingerprint density at radius 1 is 1.14 bits per heavy atom. The van der Waals surface area contributed by atoms with Crippen molar-refractivity contribution >= 4 is 23.5 Å². The van der Waals surface area contributed by atoms with E-state index in [9.17, 15) is 14.0 Å². The van der Waals surface area contributed by atoms with Crippen molar-refractivity contribution in [2.45, 2.75) is 19.8 Å². The summed E-state index contributed by atoms with van der Waals surface area (Å²) in [6.07, 6.45) is 0.630. The molecule has 0 aliphatic heterocycles. The van der Waals surface area contributed by atoms with Crippen LogP contribution in [-0.2, 0) is 16.0 Å². The van der Waals surface area contributed by atoms with Gasteiger partial charge in [0.1, 0.15) is 5.82 Å². The molecular formula is C13H13FN4O3. The molecule has 7 nitrogen and oxygen atoms in total. The Morgan fingerprint density at radius 3 is 2.38 bits per heavy atom. The zero-order valence-corrected chi connectivity index (χ0v) is 11.2. The lowest BCUT2D eigenvalue weighted by molar-refractivity contribution is -0.116. The second-order valence-electron chi connectivity index (χ2n) is 4.32. The standard InChI is InChI=1S/C13H13FN4O3/c1-8(19)15-12-13(18-21-17-12)16-11(20)7-4-9-2-5-10(14)6-3-9/h2-3,5-6H,4,7H2,1H3,(H,15,17,19)(H,16,18,20). The fourth-order valence-corrected chi connectivity index (χ4v) is 1.62. The molecule has 0 aliphatic carbocycles. The molecule has 1 heterocycles. The fraction of sp³-hybridized carbons (Fsp3) is 0.231. The highest BCUT2D eigenvalue weighted by Gasteiger charge is 2.14. The smallest absolute Gasteiger partial charge is 0.226 e. The molecule has 2 N–H and O–H groups in total. The van der Waals surface area contributed by atoms with Gasteiger partial charge in [0.05, 0.1) is 0 Å². The molecule has 0 aliphatic rings. The maximum atomic E-state index is 12.7. The fourth-order valence-electron chi connectivity index (χ4n) is 1.62. The van der Waals surface area contributed by atoms with E-state index in [0.717, 1.165) is 5.56 Å². The number of aromatic nitrogens is 2. The lowest BCUT2D eigenvalue weighted by atomic mass is 10.1. The molecule has 1 aromatic carbocycles. The van der Waals surface area contributed by atoms with Crippen LogP contribution in [0.25, 0.3) is 0 Å². The molecule has 0 radical (unpaired) electrons. The normalized spacial score (nSPS) is 10.2. The lowest BCUT2D eigenvalue weighted by Crippen LogP contribution is -2.15. The second-order valence-corrected chi connectivity index (χ2v) is 4.32. The second kappa shape index (κ2) is 6.60. The molecule has 2 rings (SSSR count). The SMILES string of the molecule is CC(=O)Nc1nonc1NC(=O)CCc1ccc(F)cc1. The topological polar surface area (TPSA) is 97.1 Å². The molecular weight excluding hydrogens is 279 g/mol. The minimum atomic E-state index is -0.354. The first-order chi connectivity index (χ1) is 10.0. The minimum Gasteiger partial charge on any atom is -0.305 e. The molecule has 0 saturated heterocycles. The average Bonchev–Trinajstić information content (AvgIpc) is 2.84. The summed E-state index contributed by atoms with van der Waals surface area (Å²) in [5.74, 6) is -0.891. The van der Waals surface area contributed by atoms with Crippen LogP contribution in [0.4, 0.5) is 16.0 Å². The highest BCUT2D eigenvalue weighted by atomic mass is 19.1. The summed E-state index contributed by atoms with van der Waals surface area (Å²) >= 11 is 0. The monoisotopic (exact) mass is 292 g/mol. The van der Waals surface area contributed by atoms with E-state index in [1.54, 1.807) is 12.1 Å². The summed E-state index contributed by atoms with van der Waals surface area (Å²) in [7, 11) is 0. The van der Waals surface area contributed by atoms with E-state index in [-0.39, 0.29) is 35.7 Å². The molecule has 0 saturated carbocycles. The van der Waals surface area contributed by atoms with Crippen molar-refractivity contribution in [2.75, 3.05) is 10.6 Å². The van der Waals surface area contributed by atoms with E-state index < -0.39 is 0 Å². The number of nitrogens with zero attached hydrogens (tertiary/aromatic N) is 2. The number of benzene rings is 1. The molecule has 2 amide bonds. The Kier molecular flexibility index (Phi) is 4.60. The molecule has 2 aromatic rings. The van der Waals surface area contributed by atoms with Crippen molar-refractivity contribution in [3.63, 3.8) is 0 Å². The molecule has 21 heavy (non-hydrogen) atoms. The van der Waals surface area contributed by atoms with Crippen LogP contribution in [0.5, 0.6) is 0 Å². The number of carbonyl (C=O) groups excluding carboxylic acids is 2. The van der Waals surface area contributed by atoms with E-state index >= 15 is 0 Å². The van der Waals surface area contributed by atoms with Crippen molar-refractivity contribution in [3.05, 3.63) is 35.6 Å². The summed E-state index contributed by atoms with van der Waals surface area (Å²) in [4.78, 5) is 22.7. The Hall–Kier alpha value is -2.77. The number of hydrogen-bond acceptors (Lipinski definition) is 5. The predicted octanol–water partition coefficient (Wildman–Crippen LogP) is 1.74. The van der Waals surface area contributed by atoms with Gasteiger partial charge in [-0.1, -0.05) is 12.1 Å². The Balaban J connectivity index is 1.88. The Morgan fingerprint density at radius 2 is 1.76 bits per heavy atom. The van der Waals surface area contributed by atoms with Crippen LogP contribution in [0.15, 0.2) is 28.9 Å². The summed E-state index contributed by atoms with van der Waals surface area (Å²) in [5, 5.41) is 11.8. The zero-order chi connectivity index (χ0) is 15.2. The first kappa shape index (κ1) is 14.6. The van der Waals surface area contributed by atoms with Gasteiger partial charge in [-0.25, -0.2) is 9.02 Å². The molecule has 0 spiro atoms. The average molecular weight is 292 g/mol. The minimum absolute atomic E-state index is 0.0503. The Labute approximate surface area is 119 Å². The largest absolute Gasteiger partial charge is 0.305 e. The summed E-state index contributed by atoms with van der Waals surface area (Å²) in [5.41, 5.74) is 0.840. The van der Waals surface area contributed by atoms with Crippen LogP contribution in [0, 0.1) is 5.82 Å². The first-order valence-electron chi connectivity index (χ1n) is 6.19. The van der Waals surface area contributed by atoms with Crippen molar-refractivity contribution in [3.8, 4) is 0 Å². The van der Waals surface area contributed by atoms with Gasteiger partial charge in [0.15, 0.2) is 0 Å². The van der Waals surface area contributed by atoms with Crippen LogP contribution >= 0.6 is 0 Å². The number of aryl methyl sites for hydroxylation is 1. The number of amides is 2. The van der Waals surface area contributed by atoms with Crippen molar-refractivity contribution < 1.29 is 18.6 Å². The van der Waals surface area contributed by atoms with Gasteiger partial charge in [0.2, 0.25) is 23.5 Å². The van der Waals surface area contributed by atoms with Gasteiger partial charge in [-0.15, -0.1) is 0 Å². The van der Waals surface area contributed by atoms with Gasteiger partial charge >= 0.3 is 0 Å².